The maximum absolute atomic E-state index is 11.7. The van der Waals surface area contributed by atoms with Crippen molar-refractivity contribution >= 4 is 54.5 Å². The average molecular weight is 478 g/mol. The molecule has 0 aliphatic rings. The van der Waals surface area contributed by atoms with E-state index in [0.717, 1.165) is 18.2 Å². The molecule has 6 N–H and O–H groups in total. The lowest BCUT2D eigenvalue weighted by Gasteiger charge is -2.13. The number of nitrogens with zero attached hydrogens (tertiary/aromatic N) is 5. The Balaban J connectivity index is 2.28. The smallest absolute Gasteiger partial charge is 0.294 e. The van der Waals surface area contributed by atoms with E-state index >= 15 is 0 Å². The largest absolute Gasteiger partial charge is 0.507 e. The van der Waals surface area contributed by atoms with Gasteiger partial charge in [-0.15, -0.1) is 0 Å². The lowest BCUT2D eigenvalue weighted by atomic mass is 10.1. The van der Waals surface area contributed by atoms with Gasteiger partial charge in [-0.25, -0.2) is 0 Å². The zero-order chi connectivity index (χ0) is 23.7. The first-order valence-electron chi connectivity index (χ1n) is 8.01. The van der Waals surface area contributed by atoms with Gasteiger partial charge in [0, 0.05) is 11.5 Å². The van der Waals surface area contributed by atoms with Crippen molar-refractivity contribution in [2.45, 2.75) is 9.79 Å². The van der Waals surface area contributed by atoms with Gasteiger partial charge in [0.25, 0.3) is 20.2 Å². The van der Waals surface area contributed by atoms with Crippen LogP contribution in [0.5, 0.6) is 5.75 Å². The fraction of sp³-hybridized carbons (Fsp3) is 0. The van der Waals surface area contributed by atoms with E-state index < -0.39 is 35.8 Å². The first kappa shape index (κ1) is 22.4. The van der Waals surface area contributed by atoms with E-state index in [0.29, 0.717) is 6.07 Å². The molecule has 3 aromatic rings. The number of aromatic nitrogens is 3. The Morgan fingerprint density at radius 1 is 0.781 bits per heavy atom. The highest BCUT2D eigenvalue weighted by molar-refractivity contribution is 7.86. The zero-order valence-electron chi connectivity index (χ0n) is 15.3. The van der Waals surface area contributed by atoms with Gasteiger partial charge in [0.05, 0.1) is 15.5 Å². The molecule has 32 heavy (non-hydrogen) atoms. The number of hydrogen-bond acceptors (Lipinski definition) is 13. The van der Waals surface area contributed by atoms with Gasteiger partial charge in [-0.05, 0) is 23.6 Å². The first-order valence-corrected chi connectivity index (χ1v) is 10.9. The monoisotopic (exact) mass is 478 g/mol. The van der Waals surface area contributed by atoms with Crippen molar-refractivity contribution in [1.29, 1.82) is 10.5 Å². The Bertz CT molecular complexity index is 1500. The van der Waals surface area contributed by atoms with Gasteiger partial charge < -0.3 is 10.4 Å². The minimum atomic E-state index is -4.80. The summed E-state index contributed by atoms with van der Waals surface area (Å²) in [5.41, 5.74) is -0.216. The van der Waals surface area contributed by atoms with E-state index in [1.807, 2.05) is 0 Å². The molecule has 164 valence electrons. The van der Waals surface area contributed by atoms with Gasteiger partial charge in [-0.1, -0.05) is 0 Å². The second-order valence-corrected chi connectivity index (χ2v) is 8.71. The molecule has 0 aliphatic carbocycles. The summed E-state index contributed by atoms with van der Waals surface area (Å²) in [5, 5.41) is 34.3. The van der Waals surface area contributed by atoms with Crippen molar-refractivity contribution in [1.82, 2.24) is 15.0 Å². The molecule has 17 heteroatoms. The molecule has 0 fully saturated rings. The fourth-order valence-corrected chi connectivity index (χ4v) is 3.68. The first-order chi connectivity index (χ1) is 14.9. The molecule has 15 nitrogen and oxygen atoms in total. The molecule has 0 radical (unpaired) electrons. The Morgan fingerprint density at radius 2 is 1.25 bits per heavy atom. The summed E-state index contributed by atoms with van der Waals surface area (Å²) in [7, 11) is -9.57. The minimum Gasteiger partial charge on any atom is -0.507 e. The number of hydrogen-bond donors (Lipinski definition) is 6. The Labute approximate surface area is 179 Å². The van der Waals surface area contributed by atoms with Gasteiger partial charge in [0.2, 0.25) is 17.8 Å². The van der Waals surface area contributed by atoms with Gasteiger partial charge >= 0.3 is 0 Å². The third-order valence-electron chi connectivity index (χ3n) is 3.79. The summed E-state index contributed by atoms with van der Waals surface area (Å²) >= 11 is 0. The second-order valence-electron chi connectivity index (χ2n) is 5.87. The molecular weight excluding hydrogens is 468 g/mol. The highest BCUT2D eigenvalue weighted by Crippen LogP contribution is 2.37. The van der Waals surface area contributed by atoms with Crippen LogP contribution in [0.4, 0.5) is 23.5 Å². The number of phenolic OH excluding ortho intramolecular Hbond substituents is 1. The Kier molecular flexibility index (Phi) is 5.66. The van der Waals surface area contributed by atoms with Crippen LogP contribution in [0.25, 0.3) is 10.8 Å². The van der Waals surface area contributed by atoms with Crippen LogP contribution in [0.1, 0.15) is 0 Å². The topological polar surface area (TPSA) is 251 Å². The quantitative estimate of drug-likeness (QED) is 0.162. The van der Waals surface area contributed by atoms with Crippen LogP contribution in [-0.2, 0) is 20.2 Å². The summed E-state index contributed by atoms with van der Waals surface area (Å²) in [6, 6.07) is 3.34. The number of phenols is 1. The molecule has 1 heterocycles. The maximum Gasteiger partial charge on any atom is 0.294 e. The molecule has 0 unspecified atom stereocenters. The molecule has 0 aliphatic heterocycles. The molecule has 3 rings (SSSR count). The van der Waals surface area contributed by atoms with Gasteiger partial charge in [-0.2, -0.15) is 42.3 Å². The number of nitrogens with one attached hydrogen (secondary N) is 3. The van der Waals surface area contributed by atoms with Crippen molar-refractivity contribution in [2.24, 2.45) is 0 Å². The Hall–Kier alpha value is -4.29. The average Bonchev–Trinajstić information content (AvgIpc) is 2.66. The standard InChI is InChI=1S/C15H10N8O7S2/c16-5-18-13-21-14(19-6-17)23-15(22-13)20-10-3-8(31(25,26)27)1-7-2-9(32(28,29)30)4-11(24)12(7)10/h1-4,24H,(H,25,26,27)(H,28,29,30)(H3,18,19,20,21,22,23). The van der Waals surface area contributed by atoms with Crippen molar-refractivity contribution in [3.63, 3.8) is 0 Å². The highest BCUT2D eigenvalue weighted by Gasteiger charge is 2.20. The van der Waals surface area contributed by atoms with Crippen LogP contribution < -0.4 is 16.0 Å². The van der Waals surface area contributed by atoms with Crippen molar-refractivity contribution in [3.05, 3.63) is 24.3 Å². The highest BCUT2D eigenvalue weighted by atomic mass is 32.2. The predicted octanol–water partition coefficient (Wildman–Crippen LogP) is 0.753. The molecule has 0 amide bonds. The van der Waals surface area contributed by atoms with Crippen LogP contribution in [-0.4, -0.2) is 46.0 Å². The van der Waals surface area contributed by atoms with Crippen molar-refractivity contribution < 1.29 is 31.0 Å². The van der Waals surface area contributed by atoms with Crippen molar-refractivity contribution in [2.75, 3.05) is 16.0 Å². The second kappa shape index (κ2) is 8.09. The summed E-state index contributed by atoms with van der Waals surface area (Å²) < 4.78 is 65.0. The summed E-state index contributed by atoms with van der Waals surface area (Å²) in [5.74, 6) is -1.60. The van der Waals surface area contributed by atoms with E-state index in [1.54, 1.807) is 12.4 Å². The fourth-order valence-electron chi connectivity index (χ4n) is 2.60. The molecular formula is C15H10N8O7S2. The number of anilines is 4. The van der Waals surface area contributed by atoms with Gasteiger partial charge in [0.15, 0.2) is 12.4 Å². The van der Waals surface area contributed by atoms with Crippen LogP contribution in [0.3, 0.4) is 0 Å². The van der Waals surface area contributed by atoms with Crippen LogP contribution in [0.15, 0.2) is 34.1 Å². The molecule has 2 aromatic carbocycles. The van der Waals surface area contributed by atoms with E-state index in [1.165, 1.54) is 0 Å². The summed E-state index contributed by atoms with van der Waals surface area (Å²) in [6.45, 7) is 0. The minimum absolute atomic E-state index is 0.130. The van der Waals surface area contributed by atoms with E-state index in [-0.39, 0.29) is 34.3 Å². The number of fused-ring (bicyclic) bond motifs is 1. The third-order valence-corrected chi connectivity index (χ3v) is 5.45. The van der Waals surface area contributed by atoms with Crippen LogP contribution in [0, 0.1) is 22.9 Å². The van der Waals surface area contributed by atoms with Gasteiger partial charge in [0.1, 0.15) is 5.75 Å². The molecule has 1 aromatic heterocycles. The lowest BCUT2D eigenvalue weighted by Crippen LogP contribution is -2.08. The third kappa shape index (κ3) is 4.71. The number of aromatic hydroxyl groups is 1. The maximum atomic E-state index is 11.7. The molecule has 0 atom stereocenters. The van der Waals surface area contributed by atoms with Gasteiger partial charge in [-0.3, -0.25) is 19.7 Å². The molecule has 0 spiro atoms. The Morgan fingerprint density at radius 3 is 1.72 bits per heavy atom. The molecule has 0 saturated carbocycles. The lowest BCUT2D eigenvalue weighted by molar-refractivity contribution is 0.471. The van der Waals surface area contributed by atoms with E-state index in [9.17, 15) is 31.0 Å². The molecule has 0 bridgehead atoms. The summed E-state index contributed by atoms with van der Waals surface area (Å²) in [4.78, 5) is 9.97. The normalized spacial score (nSPS) is 11.4. The van der Waals surface area contributed by atoms with E-state index in [4.69, 9.17) is 10.5 Å². The number of nitriles is 2. The van der Waals surface area contributed by atoms with Crippen molar-refractivity contribution in [3.8, 4) is 18.1 Å². The molecule has 0 saturated heterocycles. The summed E-state index contributed by atoms with van der Waals surface area (Å²) in [6.07, 6.45) is 3.12. The number of rotatable bonds is 6. The predicted molar refractivity (Wildman–Crippen MR) is 107 cm³/mol. The zero-order valence-corrected chi connectivity index (χ0v) is 17.0. The number of benzene rings is 2. The van der Waals surface area contributed by atoms with Crippen LogP contribution in [0.2, 0.25) is 0 Å². The van der Waals surface area contributed by atoms with E-state index in [2.05, 4.69) is 30.9 Å². The van der Waals surface area contributed by atoms with Crippen LogP contribution >= 0.6 is 0 Å². The SMILES string of the molecule is N#CNc1nc(NC#N)nc(Nc2cc(S(=O)(=O)O)cc3cc(S(=O)(=O)O)cc(O)c23)n1.